The van der Waals surface area contributed by atoms with Crippen molar-refractivity contribution in [2.45, 2.75) is 63.0 Å². The molecule has 0 aromatic carbocycles. The Balaban J connectivity index is 1.57. The van der Waals surface area contributed by atoms with Gasteiger partial charge in [0.25, 0.3) is 0 Å². The Labute approximate surface area is 143 Å². The van der Waals surface area contributed by atoms with Gasteiger partial charge in [0.15, 0.2) is 5.82 Å². The van der Waals surface area contributed by atoms with Crippen molar-refractivity contribution in [1.29, 1.82) is 0 Å². The molecule has 132 valence electrons. The smallest absolute Gasteiger partial charge is 0.225 e. The minimum absolute atomic E-state index is 0.0467. The molecule has 0 bridgehead atoms. The predicted octanol–water partition coefficient (Wildman–Crippen LogP) is 1.99. The molecule has 24 heavy (non-hydrogen) atoms. The van der Waals surface area contributed by atoms with E-state index in [1.165, 1.54) is 6.42 Å². The Morgan fingerprint density at radius 3 is 2.88 bits per heavy atom. The first-order chi connectivity index (χ1) is 11.6. The summed E-state index contributed by atoms with van der Waals surface area (Å²) in [7, 11) is 1.85. The third-order valence-corrected chi connectivity index (χ3v) is 5.40. The summed E-state index contributed by atoms with van der Waals surface area (Å²) in [6, 6.07) is 4.14. The molecule has 2 heterocycles. The molecule has 1 aromatic heterocycles. The van der Waals surface area contributed by atoms with Gasteiger partial charge in [-0.05, 0) is 37.8 Å². The van der Waals surface area contributed by atoms with Crippen LogP contribution in [0.5, 0.6) is 0 Å². The number of amides is 1. The number of carbonyl (C=O) groups excluding carboxylic acids is 1. The van der Waals surface area contributed by atoms with Crippen molar-refractivity contribution in [3.63, 3.8) is 0 Å². The van der Waals surface area contributed by atoms with Gasteiger partial charge in [-0.15, -0.1) is 5.10 Å². The molecule has 6 nitrogen and oxygen atoms in total. The van der Waals surface area contributed by atoms with Crippen LogP contribution in [0.2, 0.25) is 0 Å². The molecule has 2 aliphatic rings. The van der Waals surface area contributed by atoms with E-state index < -0.39 is 5.60 Å². The average Bonchev–Trinajstić information content (AvgIpc) is 3.04. The number of hydrogen-bond donors (Lipinski definition) is 1. The van der Waals surface area contributed by atoms with Gasteiger partial charge in [0.2, 0.25) is 5.91 Å². The summed E-state index contributed by atoms with van der Waals surface area (Å²) >= 11 is 0. The molecule has 1 N–H and O–H groups in total. The molecule has 1 aliphatic heterocycles. The Hall–Kier alpha value is -1.69. The van der Waals surface area contributed by atoms with Crippen molar-refractivity contribution in [2.75, 3.05) is 25.0 Å². The highest BCUT2D eigenvalue weighted by Crippen LogP contribution is 2.31. The molecule has 1 saturated heterocycles. The van der Waals surface area contributed by atoms with Gasteiger partial charge in [-0.2, -0.15) is 5.10 Å². The largest absolute Gasteiger partial charge is 0.389 e. The predicted molar refractivity (Wildman–Crippen MR) is 92.7 cm³/mol. The number of nitrogens with zero attached hydrogens (tertiary/aromatic N) is 4. The zero-order valence-electron chi connectivity index (χ0n) is 14.5. The number of rotatable bonds is 5. The van der Waals surface area contributed by atoms with E-state index in [4.69, 9.17) is 0 Å². The molecule has 6 heteroatoms. The van der Waals surface area contributed by atoms with E-state index in [1.807, 2.05) is 19.2 Å². The van der Waals surface area contributed by atoms with Crippen molar-refractivity contribution >= 4 is 11.7 Å². The monoisotopic (exact) mass is 332 g/mol. The molecule has 1 aliphatic carbocycles. The van der Waals surface area contributed by atoms with Gasteiger partial charge < -0.3 is 14.9 Å². The third-order valence-electron chi connectivity index (χ3n) is 5.40. The Morgan fingerprint density at radius 1 is 1.38 bits per heavy atom. The molecular formula is C18H28N4O2. The van der Waals surface area contributed by atoms with E-state index in [-0.39, 0.29) is 18.4 Å². The number of aliphatic hydroxyl groups is 1. The SMILES string of the molecule is CN(CC1CCCN1c1cccnn1)C(=O)CC1(O)CCCCC1. The van der Waals surface area contributed by atoms with Crippen molar-refractivity contribution in [2.24, 2.45) is 0 Å². The zero-order valence-corrected chi connectivity index (χ0v) is 14.5. The first-order valence-electron chi connectivity index (χ1n) is 9.08. The maximum atomic E-state index is 12.6. The van der Waals surface area contributed by atoms with E-state index in [9.17, 15) is 9.90 Å². The number of anilines is 1. The van der Waals surface area contributed by atoms with E-state index in [0.29, 0.717) is 6.54 Å². The highest BCUT2D eigenvalue weighted by molar-refractivity contribution is 5.77. The highest BCUT2D eigenvalue weighted by Gasteiger charge is 2.34. The maximum absolute atomic E-state index is 12.6. The highest BCUT2D eigenvalue weighted by atomic mass is 16.3. The van der Waals surface area contributed by atoms with Gasteiger partial charge in [0.1, 0.15) is 0 Å². The van der Waals surface area contributed by atoms with Crippen LogP contribution in [0.1, 0.15) is 51.4 Å². The fourth-order valence-corrected chi connectivity index (χ4v) is 3.99. The second-order valence-corrected chi connectivity index (χ2v) is 7.31. The minimum atomic E-state index is -0.788. The van der Waals surface area contributed by atoms with Crippen LogP contribution in [0.15, 0.2) is 18.3 Å². The number of aromatic nitrogens is 2. The van der Waals surface area contributed by atoms with Crippen LogP contribution in [0.25, 0.3) is 0 Å². The lowest BCUT2D eigenvalue weighted by molar-refractivity contribution is -0.136. The van der Waals surface area contributed by atoms with Crippen LogP contribution in [0.3, 0.4) is 0 Å². The molecule has 1 atom stereocenters. The third kappa shape index (κ3) is 4.04. The molecule has 0 spiro atoms. The summed E-state index contributed by atoms with van der Waals surface area (Å²) in [4.78, 5) is 16.6. The Kier molecular flexibility index (Phi) is 5.33. The average molecular weight is 332 g/mol. The van der Waals surface area contributed by atoms with Gasteiger partial charge in [0.05, 0.1) is 12.0 Å². The standard InChI is InChI=1S/C18H28N4O2/c1-21(17(23)13-18(24)9-3-2-4-10-18)14-15-7-6-12-22(15)16-8-5-11-19-20-16/h5,8,11,15,24H,2-4,6-7,9-10,12-14H2,1H3. The number of hydrogen-bond acceptors (Lipinski definition) is 5. The van der Waals surface area contributed by atoms with Crippen molar-refractivity contribution in [3.05, 3.63) is 18.3 Å². The summed E-state index contributed by atoms with van der Waals surface area (Å²) in [6.45, 7) is 1.63. The lowest BCUT2D eigenvalue weighted by Crippen LogP contribution is -2.44. The van der Waals surface area contributed by atoms with Crippen molar-refractivity contribution in [1.82, 2.24) is 15.1 Å². The fraction of sp³-hybridized carbons (Fsp3) is 0.722. The molecule has 1 aromatic rings. The van der Waals surface area contributed by atoms with Gasteiger partial charge in [-0.25, -0.2) is 0 Å². The van der Waals surface area contributed by atoms with E-state index >= 15 is 0 Å². The van der Waals surface area contributed by atoms with Crippen LogP contribution in [-0.4, -0.2) is 57.9 Å². The van der Waals surface area contributed by atoms with E-state index in [2.05, 4.69) is 15.1 Å². The number of likely N-dealkylation sites (N-methyl/N-ethyl adjacent to an activating group) is 1. The zero-order chi connectivity index (χ0) is 17.0. The summed E-state index contributed by atoms with van der Waals surface area (Å²) < 4.78 is 0. The summed E-state index contributed by atoms with van der Waals surface area (Å²) in [6.07, 6.45) is 8.81. The molecule has 0 radical (unpaired) electrons. The quantitative estimate of drug-likeness (QED) is 0.893. The van der Waals surface area contributed by atoms with Crippen LogP contribution in [0.4, 0.5) is 5.82 Å². The molecule has 3 rings (SSSR count). The molecule has 1 unspecified atom stereocenters. The molecule has 1 saturated carbocycles. The fourth-order valence-electron chi connectivity index (χ4n) is 3.99. The molecule has 1 amide bonds. The Morgan fingerprint density at radius 2 is 2.17 bits per heavy atom. The van der Waals surface area contributed by atoms with Gasteiger partial charge in [0, 0.05) is 32.4 Å². The summed E-state index contributed by atoms with van der Waals surface area (Å²) in [5, 5.41) is 18.8. The van der Waals surface area contributed by atoms with E-state index in [1.54, 1.807) is 11.1 Å². The van der Waals surface area contributed by atoms with Crippen LogP contribution >= 0.6 is 0 Å². The lowest BCUT2D eigenvalue weighted by atomic mass is 9.82. The van der Waals surface area contributed by atoms with Gasteiger partial charge >= 0.3 is 0 Å². The first kappa shape index (κ1) is 17.1. The van der Waals surface area contributed by atoms with Crippen LogP contribution < -0.4 is 4.90 Å². The molecular weight excluding hydrogens is 304 g/mol. The molecule has 2 fully saturated rings. The van der Waals surface area contributed by atoms with Gasteiger partial charge in [-0.1, -0.05) is 19.3 Å². The van der Waals surface area contributed by atoms with Crippen molar-refractivity contribution in [3.8, 4) is 0 Å². The second-order valence-electron chi connectivity index (χ2n) is 7.31. The maximum Gasteiger partial charge on any atom is 0.225 e. The summed E-state index contributed by atoms with van der Waals surface area (Å²) in [5.41, 5.74) is -0.788. The Bertz CT molecular complexity index is 545. The van der Waals surface area contributed by atoms with Crippen molar-refractivity contribution < 1.29 is 9.90 Å². The van der Waals surface area contributed by atoms with E-state index in [0.717, 1.165) is 50.9 Å². The van der Waals surface area contributed by atoms with Crippen LogP contribution in [-0.2, 0) is 4.79 Å². The summed E-state index contributed by atoms with van der Waals surface area (Å²) in [5.74, 6) is 0.928. The minimum Gasteiger partial charge on any atom is -0.389 e. The first-order valence-corrected chi connectivity index (χ1v) is 9.08. The topological polar surface area (TPSA) is 69.6 Å². The lowest BCUT2D eigenvalue weighted by Gasteiger charge is -2.34. The normalized spacial score (nSPS) is 23.2. The van der Waals surface area contributed by atoms with Gasteiger partial charge in [-0.3, -0.25) is 4.79 Å². The number of carbonyl (C=O) groups is 1. The second kappa shape index (κ2) is 7.47. The van der Waals surface area contributed by atoms with Crippen LogP contribution in [0, 0.1) is 0 Å².